The third-order valence-corrected chi connectivity index (χ3v) is 8.63. The Morgan fingerprint density at radius 2 is 0.941 bits per heavy atom. The number of aliphatic carboxylic acids is 1. The SMILES string of the molecule is Cc1noc(C)c1/C(=C\n1cnc(-c2cc(C(F)(F)F)cc(C(F)(F)F)c2)n1)C(=O)O.Cc1noc(C)c1/C(=C\n1cnc(-c2cc(C(F)(F)F)cc(C(F)(F)F)c2)n1)C(=O)OC(C)C.O.[Li+].[OH-]. The Morgan fingerprint density at radius 3 is 1.22 bits per heavy atom. The van der Waals surface area contributed by atoms with Gasteiger partial charge in [-0.15, -0.1) is 10.2 Å². The molecule has 6 aromatic rings. The predicted molar refractivity (Wildman–Crippen MR) is 206 cm³/mol. The van der Waals surface area contributed by atoms with Crippen LogP contribution in [-0.4, -0.2) is 73.9 Å². The number of nitrogens with zero attached hydrogens (tertiary/aromatic N) is 8. The Kier molecular flexibility index (Phi) is 18.1. The fraction of sp³-hybridized carbons (Fsp3) is 0.282. The normalized spacial score (nSPS) is 12.4. The van der Waals surface area contributed by atoms with Crippen LogP contribution in [0.5, 0.6) is 0 Å². The van der Waals surface area contributed by atoms with Crippen LogP contribution >= 0.6 is 0 Å². The van der Waals surface area contributed by atoms with E-state index >= 15 is 0 Å². The monoisotopic (exact) mass is 976 g/mol. The second-order valence-electron chi connectivity index (χ2n) is 13.9. The second kappa shape index (κ2) is 21.5. The summed E-state index contributed by atoms with van der Waals surface area (Å²) in [5.74, 6) is -2.54. The fourth-order valence-electron chi connectivity index (χ4n) is 5.83. The van der Waals surface area contributed by atoms with Crippen LogP contribution in [0.3, 0.4) is 0 Å². The molecule has 362 valence electrons. The number of hydrogen-bond donors (Lipinski definition) is 1. The molecular weight excluding hydrogens is 943 g/mol. The fourth-order valence-corrected chi connectivity index (χ4v) is 5.83. The summed E-state index contributed by atoms with van der Waals surface area (Å²) >= 11 is 0. The summed E-state index contributed by atoms with van der Waals surface area (Å²) in [6, 6.07) is 1.98. The van der Waals surface area contributed by atoms with Gasteiger partial charge in [0.25, 0.3) is 0 Å². The minimum absolute atomic E-state index is 0. The molecule has 0 saturated heterocycles. The van der Waals surface area contributed by atoms with Crippen LogP contribution in [0.2, 0.25) is 0 Å². The number of aryl methyl sites for hydroxylation is 4. The van der Waals surface area contributed by atoms with Crippen molar-refractivity contribution in [1.29, 1.82) is 0 Å². The second-order valence-corrected chi connectivity index (χ2v) is 13.9. The molecule has 4 aromatic heterocycles. The van der Waals surface area contributed by atoms with Crippen molar-refractivity contribution in [2.45, 2.75) is 72.4 Å². The minimum Gasteiger partial charge on any atom is -0.870 e. The molecule has 4 N–H and O–H groups in total. The van der Waals surface area contributed by atoms with Gasteiger partial charge in [-0.2, -0.15) is 52.7 Å². The Hall–Kier alpha value is -6.76. The molecule has 4 heterocycles. The number of alkyl halides is 12. The Bertz CT molecular complexity index is 2700. The van der Waals surface area contributed by atoms with E-state index in [1.807, 2.05) is 0 Å². The summed E-state index contributed by atoms with van der Waals surface area (Å²) in [7, 11) is 0. The Labute approximate surface area is 386 Å². The van der Waals surface area contributed by atoms with Gasteiger partial charge in [0, 0.05) is 23.5 Å². The summed E-state index contributed by atoms with van der Waals surface area (Å²) in [4.78, 5) is 31.8. The number of carboxylic acid groups (broad SMARTS) is 1. The number of halogens is 12. The van der Waals surface area contributed by atoms with Crippen molar-refractivity contribution in [3.05, 3.63) is 105 Å². The molecule has 0 aliphatic heterocycles. The quantitative estimate of drug-likeness (QED) is 0.0735. The summed E-state index contributed by atoms with van der Waals surface area (Å²) < 4.78 is 174. The van der Waals surface area contributed by atoms with Crippen LogP contribution in [-0.2, 0) is 39.0 Å². The largest absolute Gasteiger partial charge is 1.00 e. The van der Waals surface area contributed by atoms with Crippen LogP contribution in [0, 0.1) is 27.7 Å². The van der Waals surface area contributed by atoms with Gasteiger partial charge in [-0.1, -0.05) is 10.3 Å². The van der Waals surface area contributed by atoms with Crippen LogP contribution < -0.4 is 18.9 Å². The predicted octanol–water partition coefficient (Wildman–Crippen LogP) is 6.21. The van der Waals surface area contributed by atoms with E-state index in [0.29, 0.717) is 35.5 Å². The topological polar surface area (TPSA) is 239 Å². The van der Waals surface area contributed by atoms with E-state index in [4.69, 9.17) is 13.8 Å². The smallest absolute Gasteiger partial charge is 0.870 e. The number of carbonyl (C=O) groups is 2. The van der Waals surface area contributed by atoms with Crippen molar-refractivity contribution in [3.8, 4) is 22.8 Å². The maximum Gasteiger partial charge on any atom is 1.00 e. The number of benzene rings is 2. The van der Waals surface area contributed by atoms with E-state index in [9.17, 15) is 67.4 Å². The first-order chi connectivity index (χ1) is 29.9. The Morgan fingerprint density at radius 1 is 0.618 bits per heavy atom. The van der Waals surface area contributed by atoms with Gasteiger partial charge in [0.15, 0.2) is 11.6 Å². The Balaban J connectivity index is 0.000000449. The molecule has 68 heavy (non-hydrogen) atoms. The molecule has 29 heteroatoms. The van der Waals surface area contributed by atoms with Gasteiger partial charge < -0.3 is 29.8 Å². The minimum atomic E-state index is -5.03. The average Bonchev–Trinajstić information content (AvgIpc) is 3.99. The first kappa shape index (κ1) is 57.4. The van der Waals surface area contributed by atoms with E-state index in [2.05, 4.69) is 30.5 Å². The third-order valence-electron chi connectivity index (χ3n) is 8.63. The number of aromatic nitrogens is 8. The van der Waals surface area contributed by atoms with Crippen LogP contribution in [0.4, 0.5) is 52.7 Å². The van der Waals surface area contributed by atoms with Crippen molar-refractivity contribution in [1.82, 2.24) is 39.8 Å². The van der Waals surface area contributed by atoms with E-state index < -0.39 is 87.8 Å². The molecule has 0 aliphatic rings. The van der Waals surface area contributed by atoms with Crippen LogP contribution in [0.25, 0.3) is 46.3 Å². The summed E-state index contributed by atoms with van der Waals surface area (Å²) in [5.41, 5.74) is -6.35. The summed E-state index contributed by atoms with van der Waals surface area (Å²) in [6.45, 7) is 9.36. The van der Waals surface area contributed by atoms with Gasteiger partial charge >= 0.3 is 55.5 Å². The molecule has 0 bridgehead atoms. The van der Waals surface area contributed by atoms with Gasteiger partial charge in [-0.05, 0) is 77.9 Å². The summed E-state index contributed by atoms with van der Waals surface area (Å²) in [6.07, 6.45) is -16.4. The number of ether oxygens (including phenoxy) is 1. The van der Waals surface area contributed by atoms with Gasteiger partial charge in [-0.3, -0.25) is 0 Å². The van der Waals surface area contributed by atoms with E-state index in [-0.39, 0.29) is 75.9 Å². The van der Waals surface area contributed by atoms with Crippen LogP contribution in [0.1, 0.15) is 70.1 Å². The molecule has 0 spiro atoms. The van der Waals surface area contributed by atoms with Gasteiger partial charge in [0.05, 0.1) is 62.0 Å². The molecule has 16 nitrogen and oxygen atoms in total. The molecule has 0 amide bonds. The summed E-state index contributed by atoms with van der Waals surface area (Å²) in [5, 5.41) is 24.6. The number of esters is 1. The third kappa shape index (κ3) is 13.7. The van der Waals surface area contributed by atoms with Crippen molar-refractivity contribution >= 4 is 35.5 Å². The molecule has 0 unspecified atom stereocenters. The van der Waals surface area contributed by atoms with Gasteiger partial charge in [0.1, 0.15) is 24.2 Å². The van der Waals surface area contributed by atoms with Crippen molar-refractivity contribution < 1.29 is 111 Å². The number of hydrogen-bond acceptors (Lipinski definition) is 12. The molecule has 6 rings (SSSR count). The molecule has 0 aliphatic carbocycles. The van der Waals surface area contributed by atoms with E-state index in [1.165, 1.54) is 20.0 Å². The average molecular weight is 977 g/mol. The standard InChI is InChI=1S/C21H18F6N4O3.C18H12F6N4O3.Li.2H2O/c1-10(2)33-19(32)16(17-11(3)30-34-12(17)4)8-31-9-28-18(29-31)13-5-14(20(22,23)24)7-15(6-13)21(25,26)27;1-8-14(9(2)31-27-8)13(16(29)30)6-28-7-25-15(26-28)10-3-11(17(19,20)21)5-12(4-10)18(22,23)24;;;/h5-10H,1-4H3;3-7H,1-2H3,(H,29,30);;2*1H2/q;;+1;;/p-1/b16-8+;13-6+;;;. The zero-order chi connectivity index (χ0) is 48.6. The van der Waals surface area contributed by atoms with Crippen molar-refractivity contribution in [2.75, 3.05) is 0 Å². The zero-order valence-electron chi connectivity index (χ0n) is 35.9. The molecule has 0 radical (unpaired) electrons. The maximum atomic E-state index is 13.2. The molecule has 0 saturated carbocycles. The van der Waals surface area contributed by atoms with E-state index in [1.54, 1.807) is 27.7 Å². The first-order valence-corrected chi connectivity index (χ1v) is 18.1. The number of carbonyl (C=O) groups excluding carboxylic acids is 1. The van der Waals surface area contributed by atoms with Gasteiger partial charge in [0.2, 0.25) is 0 Å². The molecule has 2 aromatic carbocycles. The molecule has 0 atom stereocenters. The van der Waals surface area contributed by atoms with Crippen molar-refractivity contribution in [3.63, 3.8) is 0 Å². The van der Waals surface area contributed by atoms with E-state index in [0.717, 1.165) is 28.2 Å². The zero-order valence-corrected chi connectivity index (χ0v) is 35.9. The van der Waals surface area contributed by atoms with Crippen molar-refractivity contribution in [2.24, 2.45) is 0 Å². The maximum absolute atomic E-state index is 13.2. The van der Waals surface area contributed by atoms with Crippen LogP contribution in [0.15, 0.2) is 58.1 Å². The molecular formula is C39H33F12LiN8O8. The number of carboxylic acids is 1. The van der Waals surface area contributed by atoms with Gasteiger partial charge in [-0.25, -0.2) is 28.9 Å². The first-order valence-electron chi connectivity index (χ1n) is 18.1. The molecule has 0 fully saturated rings. The number of rotatable bonds is 9.